The maximum absolute atomic E-state index is 11.5. The fourth-order valence-corrected chi connectivity index (χ4v) is 1.42. The quantitative estimate of drug-likeness (QED) is 0.529. The molecule has 1 unspecified atom stereocenters. The summed E-state index contributed by atoms with van der Waals surface area (Å²) < 4.78 is 0. The fourth-order valence-electron chi connectivity index (χ4n) is 1.42. The van der Waals surface area contributed by atoms with Crippen LogP contribution in [0.25, 0.3) is 0 Å². The average molecular weight is 184 g/mol. The molecule has 0 N–H and O–H groups in total. The Bertz CT molecular complexity index is 228. The molecule has 1 rings (SSSR count). The molecule has 0 aromatic rings. The summed E-state index contributed by atoms with van der Waals surface area (Å²) in [7, 11) is 3.56. The van der Waals surface area contributed by atoms with Gasteiger partial charge in [-0.15, -0.1) is 0 Å². The van der Waals surface area contributed by atoms with Gasteiger partial charge in [-0.2, -0.15) is 0 Å². The van der Waals surface area contributed by atoms with E-state index in [4.69, 9.17) is 0 Å². The number of likely N-dealkylation sites (N-methyl/N-ethyl adjacent to an activating group) is 2. The molecule has 0 aromatic heterocycles. The molecule has 1 saturated heterocycles. The van der Waals surface area contributed by atoms with Gasteiger partial charge in [0.25, 0.3) is 0 Å². The van der Waals surface area contributed by atoms with Crippen LogP contribution < -0.4 is 0 Å². The monoisotopic (exact) mass is 184 g/mol. The van der Waals surface area contributed by atoms with Crippen molar-refractivity contribution >= 4 is 11.8 Å². The van der Waals surface area contributed by atoms with E-state index in [9.17, 15) is 9.59 Å². The first-order chi connectivity index (χ1) is 6.02. The van der Waals surface area contributed by atoms with Crippen molar-refractivity contribution in [3.63, 3.8) is 0 Å². The summed E-state index contributed by atoms with van der Waals surface area (Å²) in [5.41, 5.74) is 0. The summed E-state index contributed by atoms with van der Waals surface area (Å²) in [6, 6.07) is 0. The largest absolute Gasteiger partial charge is 0.344 e. The molecule has 0 saturated carbocycles. The number of amides is 2. The normalized spacial score (nSPS) is 25.9. The second-order valence-corrected chi connectivity index (χ2v) is 3.68. The van der Waals surface area contributed by atoms with Crippen LogP contribution in [0.1, 0.15) is 13.3 Å². The molecule has 0 spiro atoms. The molecule has 2 amide bonds. The molecule has 1 aliphatic rings. The molecule has 1 fully saturated rings. The summed E-state index contributed by atoms with van der Waals surface area (Å²) in [6.07, 6.45) is 0.333. The summed E-state index contributed by atoms with van der Waals surface area (Å²) in [5.74, 6) is -0.0457. The Balaban J connectivity index is 2.70. The molecule has 74 valence electrons. The van der Waals surface area contributed by atoms with Crippen molar-refractivity contribution < 1.29 is 9.59 Å². The van der Waals surface area contributed by atoms with Gasteiger partial charge in [-0.05, 0) is 0 Å². The Morgan fingerprint density at radius 2 is 1.69 bits per heavy atom. The lowest BCUT2D eigenvalue weighted by atomic mass is 10.0. The van der Waals surface area contributed by atoms with Crippen molar-refractivity contribution in [2.24, 2.45) is 5.92 Å². The zero-order chi connectivity index (χ0) is 10.0. The van der Waals surface area contributed by atoms with E-state index in [1.54, 1.807) is 30.8 Å². The standard InChI is InChI=1S/C9H16N2O2/c1-7-6-8(12)10(2)4-5-11(3)9(7)13/h7H,4-6H2,1-3H3. The third-order valence-electron chi connectivity index (χ3n) is 2.48. The Morgan fingerprint density at radius 3 is 2.31 bits per heavy atom. The van der Waals surface area contributed by atoms with E-state index < -0.39 is 0 Å². The first-order valence-electron chi connectivity index (χ1n) is 4.51. The van der Waals surface area contributed by atoms with Crippen LogP contribution in [0.5, 0.6) is 0 Å². The van der Waals surface area contributed by atoms with E-state index in [1.165, 1.54) is 0 Å². The van der Waals surface area contributed by atoms with E-state index >= 15 is 0 Å². The molecule has 0 aromatic carbocycles. The topological polar surface area (TPSA) is 40.6 Å². The van der Waals surface area contributed by atoms with Crippen molar-refractivity contribution in [2.45, 2.75) is 13.3 Å². The van der Waals surface area contributed by atoms with Gasteiger partial charge >= 0.3 is 0 Å². The number of hydrogen-bond acceptors (Lipinski definition) is 2. The highest BCUT2D eigenvalue weighted by Crippen LogP contribution is 2.10. The first kappa shape index (κ1) is 10.0. The number of hydrogen-bond donors (Lipinski definition) is 0. The molecule has 0 bridgehead atoms. The van der Waals surface area contributed by atoms with Crippen LogP contribution in [-0.4, -0.2) is 48.8 Å². The SMILES string of the molecule is CC1CC(=O)N(C)CCN(C)C1=O. The average Bonchev–Trinajstić information content (AvgIpc) is 2.10. The van der Waals surface area contributed by atoms with Crippen LogP contribution in [0, 0.1) is 5.92 Å². The third kappa shape index (κ3) is 2.20. The maximum Gasteiger partial charge on any atom is 0.225 e. The van der Waals surface area contributed by atoms with E-state index in [1.807, 2.05) is 0 Å². The molecular formula is C9H16N2O2. The molecule has 4 heteroatoms. The highest BCUT2D eigenvalue weighted by atomic mass is 16.2. The number of nitrogens with zero attached hydrogens (tertiary/aromatic N) is 2. The van der Waals surface area contributed by atoms with E-state index in [-0.39, 0.29) is 17.7 Å². The molecule has 1 atom stereocenters. The van der Waals surface area contributed by atoms with E-state index in [2.05, 4.69) is 0 Å². The minimum absolute atomic E-state index is 0.0638. The minimum Gasteiger partial charge on any atom is -0.344 e. The summed E-state index contributed by atoms with van der Waals surface area (Å²) in [6.45, 7) is 3.06. The van der Waals surface area contributed by atoms with Gasteiger partial charge in [0.15, 0.2) is 0 Å². The van der Waals surface area contributed by atoms with Gasteiger partial charge in [0.2, 0.25) is 11.8 Å². The smallest absolute Gasteiger partial charge is 0.225 e. The van der Waals surface area contributed by atoms with Crippen LogP contribution in [0.2, 0.25) is 0 Å². The number of carbonyl (C=O) groups is 2. The van der Waals surface area contributed by atoms with Crippen molar-refractivity contribution in [3.8, 4) is 0 Å². The van der Waals surface area contributed by atoms with Crippen molar-refractivity contribution in [1.82, 2.24) is 9.80 Å². The zero-order valence-corrected chi connectivity index (χ0v) is 8.41. The van der Waals surface area contributed by atoms with Gasteiger partial charge in [-0.1, -0.05) is 6.92 Å². The molecule has 0 aliphatic carbocycles. The number of rotatable bonds is 0. The van der Waals surface area contributed by atoms with Crippen molar-refractivity contribution in [3.05, 3.63) is 0 Å². The van der Waals surface area contributed by atoms with Crippen LogP contribution in [0.3, 0.4) is 0 Å². The summed E-state index contributed by atoms with van der Waals surface area (Å²) >= 11 is 0. The van der Waals surface area contributed by atoms with Crippen LogP contribution in [0.15, 0.2) is 0 Å². The van der Waals surface area contributed by atoms with Gasteiger partial charge < -0.3 is 9.80 Å². The van der Waals surface area contributed by atoms with Crippen LogP contribution in [-0.2, 0) is 9.59 Å². The lowest BCUT2D eigenvalue weighted by Gasteiger charge is -2.28. The highest BCUT2D eigenvalue weighted by molar-refractivity contribution is 5.86. The van der Waals surface area contributed by atoms with Gasteiger partial charge in [0.1, 0.15) is 0 Å². The Hall–Kier alpha value is -1.06. The second-order valence-electron chi connectivity index (χ2n) is 3.68. The number of carbonyl (C=O) groups excluding carboxylic acids is 2. The van der Waals surface area contributed by atoms with Gasteiger partial charge in [0.05, 0.1) is 0 Å². The lowest BCUT2D eigenvalue weighted by Crippen LogP contribution is -2.44. The Morgan fingerprint density at radius 1 is 1.15 bits per heavy atom. The molecule has 0 radical (unpaired) electrons. The first-order valence-corrected chi connectivity index (χ1v) is 4.51. The third-order valence-corrected chi connectivity index (χ3v) is 2.48. The predicted molar refractivity (Wildman–Crippen MR) is 49.1 cm³/mol. The van der Waals surface area contributed by atoms with E-state index in [0.717, 1.165) is 0 Å². The Labute approximate surface area is 78.5 Å². The van der Waals surface area contributed by atoms with Crippen molar-refractivity contribution in [1.29, 1.82) is 0 Å². The highest BCUT2D eigenvalue weighted by Gasteiger charge is 2.25. The van der Waals surface area contributed by atoms with Crippen LogP contribution >= 0.6 is 0 Å². The van der Waals surface area contributed by atoms with Crippen LogP contribution in [0.4, 0.5) is 0 Å². The molecule has 1 aliphatic heterocycles. The van der Waals surface area contributed by atoms with Crippen molar-refractivity contribution in [2.75, 3.05) is 27.2 Å². The van der Waals surface area contributed by atoms with Gasteiger partial charge in [-0.25, -0.2) is 0 Å². The molecule has 4 nitrogen and oxygen atoms in total. The summed E-state index contributed by atoms with van der Waals surface area (Å²) in [5, 5.41) is 0. The molecule has 13 heavy (non-hydrogen) atoms. The van der Waals surface area contributed by atoms with Gasteiger partial charge in [-0.3, -0.25) is 9.59 Å². The molecular weight excluding hydrogens is 168 g/mol. The Kier molecular flexibility index (Phi) is 2.90. The fraction of sp³-hybridized carbons (Fsp3) is 0.778. The minimum atomic E-state index is -0.180. The van der Waals surface area contributed by atoms with E-state index in [0.29, 0.717) is 19.5 Å². The zero-order valence-electron chi connectivity index (χ0n) is 8.41. The second kappa shape index (κ2) is 3.77. The lowest BCUT2D eigenvalue weighted by molar-refractivity contribution is -0.142. The van der Waals surface area contributed by atoms with Gasteiger partial charge in [0, 0.05) is 39.5 Å². The molecule has 1 heterocycles. The summed E-state index contributed by atoms with van der Waals surface area (Å²) in [4.78, 5) is 26.3. The maximum atomic E-state index is 11.5. The predicted octanol–water partition coefficient (Wildman–Crippen LogP) is -0.0570.